The molecule has 4 heteroatoms. The van der Waals surface area contributed by atoms with Crippen LogP contribution < -0.4 is 0 Å². The standard InChI is InChI=1S/C14H13Br2NS/c1-17-7-12(9-2-4-10(15)5-3-9)11-6-14(16)18-13(11)8-17/h2-6,12H,7-8H2,1H3/t12-/m0/s1. The molecule has 18 heavy (non-hydrogen) atoms. The number of fused-ring (bicyclic) bond motifs is 1. The molecule has 1 nitrogen and oxygen atoms in total. The van der Waals surface area contributed by atoms with Crippen molar-refractivity contribution < 1.29 is 0 Å². The van der Waals surface area contributed by atoms with Crippen LogP contribution in [0.3, 0.4) is 0 Å². The fourth-order valence-electron chi connectivity index (χ4n) is 2.53. The van der Waals surface area contributed by atoms with Crippen LogP contribution in [-0.2, 0) is 6.54 Å². The molecule has 1 aromatic carbocycles. The number of nitrogens with zero attached hydrogens (tertiary/aromatic N) is 1. The molecule has 0 radical (unpaired) electrons. The third-order valence-corrected chi connectivity index (χ3v) is 5.53. The third kappa shape index (κ3) is 2.44. The maximum absolute atomic E-state index is 3.62. The molecule has 1 aliphatic heterocycles. The van der Waals surface area contributed by atoms with E-state index in [1.165, 1.54) is 19.8 Å². The van der Waals surface area contributed by atoms with Gasteiger partial charge in [0.15, 0.2) is 0 Å². The molecule has 0 spiro atoms. The van der Waals surface area contributed by atoms with E-state index in [0.717, 1.165) is 17.6 Å². The van der Waals surface area contributed by atoms with Crippen molar-refractivity contribution >= 4 is 43.2 Å². The van der Waals surface area contributed by atoms with E-state index in [1.54, 1.807) is 0 Å². The fraction of sp³-hybridized carbons (Fsp3) is 0.286. The van der Waals surface area contributed by atoms with Crippen LogP contribution >= 0.6 is 43.2 Å². The lowest BCUT2D eigenvalue weighted by atomic mass is 9.89. The van der Waals surface area contributed by atoms with E-state index in [0.29, 0.717) is 5.92 Å². The smallest absolute Gasteiger partial charge is 0.0704 e. The van der Waals surface area contributed by atoms with E-state index in [-0.39, 0.29) is 0 Å². The van der Waals surface area contributed by atoms with Crippen LogP contribution in [0.5, 0.6) is 0 Å². The highest BCUT2D eigenvalue weighted by atomic mass is 79.9. The van der Waals surface area contributed by atoms with Gasteiger partial charge in [-0.1, -0.05) is 28.1 Å². The summed E-state index contributed by atoms with van der Waals surface area (Å²) in [6.07, 6.45) is 0. The molecule has 0 bridgehead atoms. The molecule has 1 aliphatic rings. The zero-order valence-corrected chi connectivity index (χ0v) is 14.0. The molecule has 1 aromatic heterocycles. The Bertz CT molecular complexity index is 562. The highest BCUT2D eigenvalue weighted by Crippen LogP contribution is 2.39. The van der Waals surface area contributed by atoms with Gasteiger partial charge in [0.25, 0.3) is 0 Å². The fourth-order valence-corrected chi connectivity index (χ4v) is 4.65. The van der Waals surface area contributed by atoms with Gasteiger partial charge in [-0.25, -0.2) is 0 Å². The molecular formula is C14H13Br2NS. The summed E-state index contributed by atoms with van der Waals surface area (Å²) < 4.78 is 2.38. The largest absolute Gasteiger partial charge is 0.300 e. The molecule has 2 aromatic rings. The van der Waals surface area contributed by atoms with Crippen molar-refractivity contribution in [2.75, 3.05) is 13.6 Å². The minimum Gasteiger partial charge on any atom is -0.300 e. The lowest BCUT2D eigenvalue weighted by molar-refractivity contribution is 0.299. The monoisotopic (exact) mass is 385 g/mol. The number of hydrogen-bond acceptors (Lipinski definition) is 2. The van der Waals surface area contributed by atoms with Gasteiger partial charge in [0.1, 0.15) is 0 Å². The highest BCUT2D eigenvalue weighted by molar-refractivity contribution is 9.11. The highest BCUT2D eigenvalue weighted by Gasteiger charge is 2.26. The summed E-state index contributed by atoms with van der Waals surface area (Å²) in [7, 11) is 2.20. The zero-order valence-electron chi connectivity index (χ0n) is 9.99. The van der Waals surface area contributed by atoms with Crippen LogP contribution in [0.2, 0.25) is 0 Å². The Labute approximate surface area is 128 Å². The van der Waals surface area contributed by atoms with Crippen LogP contribution in [0, 0.1) is 0 Å². The molecular weight excluding hydrogens is 374 g/mol. The topological polar surface area (TPSA) is 3.24 Å². The Kier molecular flexibility index (Phi) is 3.63. The second kappa shape index (κ2) is 5.08. The number of halogens is 2. The van der Waals surface area contributed by atoms with Gasteiger partial charge in [-0.15, -0.1) is 11.3 Å². The summed E-state index contributed by atoms with van der Waals surface area (Å²) in [6, 6.07) is 11.0. The van der Waals surface area contributed by atoms with Crippen molar-refractivity contribution in [3.8, 4) is 0 Å². The van der Waals surface area contributed by atoms with Crippen molar-refractivity contribution in [2.24, 2.45) is 0 Å². The van der Waals surface area contributed by atoms with Crippen molar-refractivity contribution in [2.45, 2.75) is 12.5 Å². The first-order chi connectivity index (χ1) is 8.63. The summed E-state index contributed by atoms with van der Waals surface area (Å²) in [6.45, 7) is 2.16. The van der Waals surface area contributed by atoms with Crippen LogP contribution in [0.1, 0.15) is 21.9 Å². The average molecular weight is 387 g/mol. The number of likely N-dealkylation sites (N-methyl/N-ethyl adjacent to an activating group) is 1. The first-order valence-electron chi connectivity index (χ1n) is 5.85. The molecule has 94 valence electrons. The first-order valence-corrected chi connectivity index (χ1v) is 8.26. The number of rotatable bonds is 1. The van der Waals surface area contributed by atoms with Gasteiger partial charge in [0.05, 0.1) is 3.79 Å². The summed E-state index contributed by atoms with van der Waals surface area (Å²) >= 11 is 8.98. The van der Waals surface area contributed by atoms with Gasteiger partial charge < -0.3 is 4.90 Å². The summed E-state index contributed by atoms with van der Waals surface area (Å²) in [5.41, 5.74) is 2.89. The molecule has 0 amide bonds. The van der Waals surface area contributed by atoms with Gasteiger partial charge in [-0.05, 0) is 52.3 Å². The van der Waals surface area contributed by atoms with Crippen LogP contribution in [0.15, 0.2) is 38.6 Å². The molecule has 0 saturated carbocycles. The van der Waals surface area contributed by atoms with Crippen molar-refractivity contribution in [1.82, 2.24) is 4.90 Å². The van der Waals surface area contributed by atoms with E-state index in [2.05, 4.69) is 74.1 Å². The minimum atomic E-state index is 0.495. The Morgan fingerprint density at radius 2 is 1.94 bits per heavy atom. The van der Waals surface area contributed by atoms with Crippen LogP contribution in [0.4, 0.5) is 0 Å². The van der Waals surface area contributed by atoms with Gasteiger partial charge in [0, 0.05) is 28.4 Å². The Hall–Kier alpha value is -0.160. The van der Waals surface area contributed by atoms with E-state index in [4.69, 9.17) is 0 Å². The second-order valence-corrected chi connectivity index (χ2v) is 8.16. The second-order valence-electron chi connectivity index (χ2n) is 4.73. The molecule has 0 aliphatic carbocycles. The number of thiophene rings is 1. The number of benzene rings is 1. The Morgan fingerprint density at radius 1 is 1.22 bits per heavy atom. The molecule has 0 fully saturated rings. The van der Waals surface area contributed by atoms with Crippen molar-refractivity contribution in [3.63, 3.8) is 0 Å². The minimum absolute atomic E-state index is 0.495. The van der Waals surface area contributed by atoms with E-state index in [1.807, 2.05) is 11.3 Å². The average Bonchev–Trinajstić information content (AvgIpc) is 2.69. The SMILES string of the molecule is CN1Cc2sc(Br)cc2[C@H](c2ccc(Br)cc2)C1. The molecule has 2 heterocycles. The molecule has 0 unspecified atom stereocenters. The molecule has 1 atom stereocenters. The van der Waals surface area contributed by atoms with E-state index < -0.39 is 0 Å². The van der Waals surface area contributed by atoms with Gasteiger partial charge in [-0.2, -0.15) is 0 Å². The van der Waals surface area contributed by atoms with Crippen molar-refractivity contribution in [3.05, 3.63) is 54.6 Å². The Morgan fingerprint density at radius 3 is 2.67 bits per heavy atom. The lowest BCUT2D eigenvalue weighted by Crippen LogP contribution is -2.29. The van der Waals surface area contributed by atoms with Gasteiger partial charge in [-0.3, -0.25) is 0 Å². The summed E-state index contributed by atoms with van der Waals surface area (Å²) in [4.78, 5) is 3.89. The Balaban J connectivity index is 2.04. The van der Waals surface area contributed by atoms with Crippen LogP contribution in [0.25, 0.3) is 0 Å². The quantitative estimate of drug-likeness (QED) is 0.677. The maximum atomic E-state index is 3.62. The zero-order chi connectivity index (χ0) is 12.7. The predicted octanol–water partition coefficient (Wildman–Crippen LogP) is 4.85. The molecule has 0 saturated heterocycles. The maximum Gasteiger partial charge on any atom is 0.0704 e. The van der Waals surface area contributed by atoms with E-state index >= 15 is 0 Å². The van der Waals surface area contributed by atoms with Crippen molar-refractivity contribution in [1.29, 1.82) is 0 Å². The normalized spacial score (nSPS) is 19.8. The van der Waals surface area contributed by atoms with Crippen LogP contribution in [-0.4, -0.2) is 18.5 Å². The first kappa shape index (κ1) is 12.9. The van der Waals surface area contributed by atoms with Gasteiger partial charge >= 0.3 is 0 Å². The molecule has 0 N–H and O–H groups in total. The molecule has 3 rings (SSSR count). The van der Waals surface area contributed by atoms with Gasteiger partial charge in [0.2, 0.25) is 0 Å². The summed E-state index contributed by atoms with van der Waals surface area (Å²) in [5.74, 6) is 0.495. The summed E-state index contributed by atoms with van der Waals surface area (Å²) in [5, 5.41) is 0. The lowest BCUT2D eigenvalue weighted by Gasteiger charge is -2.30. The third-order valence-electron chi connectivity index (χ3n) is 3.37. The predicted molar refractivity (Wildman–Crippen MR) is 84.3 cm³/mol. The number of hydrogen-bond donors (Lipinski definition) is 0. The van der Waals surface area contributed by atoms with E-state index in [9.17, 15) is 0 Å².